The summed E-state index contributed by atoms with van der Waals surface area (Å²) < 4.78 is 6.38. The van der Waals surface area contributed by atoms with Crippen LogP contribution in [0.15, 0.2) is 22.0 Å². The number of allylic oxidation sites excluding steroid dienone is 3. The second-order valence-corrected chi connectivity index (χ2v) is 4.64. The van der Waals surface area contributed by atoms with Gasteiger partial charge in [0, 0.05) is 16.4 Å². The highest BCUT2D eigenvalue weighted by Crippen LogP contribution is 2.27. The van der Waals surface area contributed by atoms with Crippen LogP contribution in [-0.4, -0.2) is 5.97 Å². The van der Waals surface area contributed by atoms with Gasteiger partial charge in [-0.15, -0.1) is 6.58 Å². The molecule has 1 aliphatic heterocycles. The molecule has 1 heterocycles. The van der Waals surface area contributed by atoms with Crippen molar-refractivity contribution in [1.82, 2.24) is 0 Å². The zero-order chi connectivity index (χ0) is 10.4. The van der Waals surface area contributed by atoms with Gasteiger partial charge in [-0.3, -0.25) is 4.79 Å². The lowest BCUT2D eigenvalue weighted by molar-refractivity contribution is -0.141. The molecule has 0 aromatic heterocycles. The second-order valence-electron chi connectivity index (χ2n) is 3.34. The Morgan fingerprint density at radius 2 is 2.36 bits per heavy atom. The van der Waals surface area contributed by atoms with Crippen LogP contribution in [0.5, 0.6) is 0 Å². The third-order valence-electron chi connectivity index (χ3n) is 2.13. The first-order valence-corrected chi connectivity index (χ1v) is 6.01. The molecule has 3 heteroatoms. The van der Waals surface area contributed by atoms with E-state index in [-0.39, 0.29) is 5.97 Å². The maximum atomic E-state index is 11.0. The largest absolute Gasteiger partial charge is 0.430 e. The third kappa shape index (κ3) is 3.82. The molecule has 0 saturated carbocycles. The van der Waals surface area contributed by atoms with Crippen molar-refractivity contribution in [3.63, 3.8) is 0 Å². The van der Waals surface area contributed by atoms with Crippen LogP contribution in [0.25, 0.3) is 0 Å². The van der Waals surface area contributed by atoms with E-state index < -0.39 is 0 Å². The summed E-state index contributed by atoms with van der Waals surface area (Å²) in [6, 6.07) is 0. The number of halogens is 1. The van der Waals surface area contributed by atoms with Crippen molar-refractivity contribution in [2.24, 2.45) is 0 Å². The number of hydrogen-bond donors (Lipinski definition) is 0. The molecule has 0 aromatic carbocycles. The van der Waals surface area contributed by atoms with E-state index in [1.165, 1.54) is 3.58 Å². The summed E-state index contributed by atoms with van der Waals surface area (Å²) in [6.45, 7) is 3.68. The van der Waals surface area contributed by atoms with Gasteiger partial charge in [0.05, 0.1) is 0 Å². The molecular weight excluding hydrogens is 291 g/mol. The van der Waals surface area contributed by atoms with Crippen LogP contribution in [-0.2, 0) is 9.53 Å². The Morgan fingerprint density at radius 3 is 3.00 bits per heavy atom. The van der Waals surface area contributed by atoms with E-state index in [1.54, 1.807) is 0 Å². The molecule has 0 aromatic rings. The number of carbonyl (C=O) groups is 1. The lowest BCUT2D eigenvalue weighted by Crippen LogP contribution is -2.11. The second kappa shape index (κ2) is 6.22. The van der Waals surface area contributed by atoms with Gasteiger partial charge < -0.3 is 4.74 Å². The minimum atomic E-state index is -0.0795. The topological polar surface area (TPSA) is 26.3 Å². The van der Waals surface area contributed by atoms with Gasteiger partial charge in [-0.05, 0) is 48.3 Å². The Balaban J connectivity index is 2.44. The van der Waals surface area contributed by atoms with E-state index in [0.29, 0.717) is 6.42 Å². The van der Waals surface area contributed by atoms with Crippen molar-refractivity contribution in [1.29, 1.82) is 0 Å². The van der Waals surface area contributed by atoms with Gasteiger partial charge in [0.25, 0.3) is 0 Å². The molecule has 0 amide bonds. The van der Waals surface area contributed by atoms with E-state index in [2.05, 4.69) is 29.2 Å². The Kier molecular flexibility index (Phi) is 5.22. The summed E-state index contributed by atoms with van der Waals surface area (Å²) in [7, 11) is 0. The number of esters is 1. The van der Waals surface area contributed by atoms with Crippen LogP contribution >= 0.6 is 22.6 Å². The molecule has 0 bridgehead atoms. The number of hydrogen-bond acceptors (Lipinski definition) is 2. The summed E-state index contributed by atoms with van der Waals surface area (Å²) in [6.07, 6.45) is 7.44. The molecular formula is C11H15IO2. The summed E-state index contributed by atoms with van der Waals surface area (Å²) >= 11 is 2.28. The predicted molar refractivity (Wildman–Crippen MR) is 65.0 cm³/mol. The molecule has 1 rings (SSSR count). The maximum Gasteiger partial charge on any atom is 0.310 e. The molecule has 2 nitrogen and oxygen atoms in total. The monoisotopic (exact) mass is 306 g/mol. The molecule has 1 aliphatic rings. The quantitative estimate of drug-likeness (QED) is 0.342. The number of rotatable bonds is 4. The van der Waals surface area contributed by atoms with E-state index in [1.807, 2.05) is 6.08 Å². The van der Waals surface area contributed by atoms with Gasteiger partial charge in [0.2, 0.25) is 0 Å². The van der Waals surface area contributed by atoms with Crippen molar-refractivity contribution >= 4 is 28.6 Å². The van der Waals surface area contributed by atoms with E-state index in [0.717, 1.165) is 37.9 Å². The summed E-state index contributed by atoms with van der Waals surface area (Å²) in [5.74, 6) is 0.815. The number of carbonyl (C=O) groups excluding carboxylic acids is 1. The summed E-state index contributed by atoms with van der Waals surface area (Å²) in [4.78, 5) is 11.0. The first-order valence-electron chi connectivity index (χ1n) is 4.93. The van der Waals surface area contributed by atoms with E-state index in [9.17, 15) is 4.79 Å². The normalized spacial score (nSPS) is 20.2. The van der Waals surface area contributed by atoms with E-state index in [4.69, 9.17) is 4.74 Å². The minimum absolute atomic E-state index is 0.0795. The maximum absolute atomic E-state index is 11.0. The van der Waals surface area contributed by atoms with Gasteiger partial charge in [-0.1, -0.05) is 6.08 Å². The van der Waals surface area contributed by atoms with Crippen LogP contribution in [0, 0.1) is 0 Å². The average Bonchev–Trinajstić information content (AvgIpc) is 2.18. The highest BCUT2D eigenvalue weighted by atomic mass is 127. The van der Waals surface area contributed by atoms with Crippen LogP contribution in [0.2, 0.25) is 0 Å². The molecule has 0 aliphatic carbocycles. The first kappa shape index (κ1) is 11.8. The van der Waals surface area contributed by atoms with Gasteiger partial charge >= 0.3 is 5.97 Å². The molecule has 0 N–H and O–H groups in total. The Hall–Kier alpha value is -0.320. The number of unbranched alkanes of at least 4 members (excludes halogenated alkanes) is 1. The van der Waals surface area contributed by atoms with Crippen molar-refractivity contribution in [2.75, 3.05) is 0 Å². The molecule has 1 saturated heterocycles. The van der Waals surface area contributed by atoms with Gasteiger partial charge in [0.15, 0.2) is 0 Å². The Bertz CT molecular complexity index is 256. The van der Waals surface area contributed by atoms with Gasteiger partial charge in [-0.2, -0.15) is 0 Å². The molecule has 78 valence electrons. The molecule has 0 spiro atoms. The molecule has 14 heavy (non-hydrogen) atoms. The fourth-order valence-corrected chi connectivity index (χ4v) is 2.13. The van der Waals surface area contributed by atoms with Crippen molar-refractivity contribution in [3.05, 3.63) is 22.0 Å². The molecule has 0 atom stereocenters. The third-order valence-corrected chi connectivity index (χ3v) is 3.27. The Morgan fingerprint density at radius 1 is 1.57 bits per heavy atom. The summed E-state index contributed by atoms with van der Waals surface area (Å²) in [5, 5.41) is 0. The lowest BCUT2D eigenvalue weighted by Gasteiger charge is -2.16. The van der Waals surface area contributed by atoms with Crippen LogP contribution < -0.4 is 0 Å². The van der Waals surface area contributed by atoms with Crippen LogP contribution in [0.1, 0.15) is 38.5 Å². The van der Waals surface area contributed by atoms with E-state index >= 15 is 0 Å². The van der Waals surface area contributed by atoms with Crippen molar-refractivity contribution in [3.8, 4) is 0 Å². The van der Waals surface area contributed by atoms with Gasteiger partial charge in [-0.25, -0.2) is 0 Å². The van der Waals surface area contributed by atoms with Crippen molar-refractivity contribution < 1.29 is 9.53 Å². The fourth-order valence-electron chi connectivity index (χ4n) is 1.36. The SMILES string of the molecule is C=CCCC/C(I)=C1/CCCC(=O)O1. The fraction of sp³-hybridized carbons (Fsp3) is 0.545. The highest BCUT2D eigenvalue weighted by Gasteiger charge is 2.16. The van der Waals surface area contributed by atoms with Gasteiger partial charge in [0.1, 0.15) is 5.76 Å². The van der Waals surface area contributed by atoms with Crippen molar-refractivity contribution in [2.45, 2.75) is 38.5 Å². The minimum Gasteiger partial charge on any atom is -0.430 e. The first-order chi connectivity index (χ1) is 6.74. The molecule has 0 radical (unpaired) electrons. The molecule has 1 fully saturated rings. The zero-order valence-corrected chi connectivity index (χ0v) is 10.4. The predicted octanol–water partition coefficient (Wildman–Crippen LogP) is 3.72. The standard InChI is InChI=1S/C11H15IO2/c1-2-3-4-6-9(12)10-7-5-8-11(13)14-10/h2H,1,3-8H2/b10-9+. The molecule has 0 unspecified atom stereocenters. The Labute approximate surface area is 98.5 Å². The lowest BCUT2D eigenvalue weighted by atomic mass is 10.1. The smallest absolute Gasteiger partial charge is 0.310 e. The van der Waals surface area contributed by atoms with Crippen LogP contribution in [0.3, 0.4) is 0 Å². The number of cyclic esters (lactones) is 1. The average molecular weight is 306 g/mol. The highest BCUT2D eigenvalue weighted by molar-refractivity contribution is 14.1. The summed E-state index contributed by atoms with van der Waals surface area (Å²) in [5.41, 5.74) is 0. The van der Waals surface area contributed by atoms with Crippen LogP contribution in [0.4, 0.5) is 0 Å². The number of ether oxygens (including phenoxy) is 1. The zero-order valence-electron chi connectivity index (χ0n) is 8.22.